The topological polar surface area (TPSA) is 105 Å². The van der Waals surface area contributed by atoms with E-state index in [0.29, 0.717) is 12.0 Å². The van der Waals surface area contributed by atoms with E-state index in [0.717, 1.165) is 6.07 Å². The monoisotopic (exact) mass is 304 g/mol. The normalized spacial score (nSPS) is 11.8. The van der Waals surface area contributed by atoms with Crippen molar-refractivity contribution in [2.75, 3.05) is 0 Å². The first-order valence-electron chi connectivity index (χ1n) is 3.58. The van der Waals surface area contributed by atoms with Gasteiger partial charge in [0, 0.05) is 0 Å². The highest BCUT2D eigenvalue weighted by Crippen LogP contribution is 2.35. The van der Waals surface area contributed by atoms with Crippen LogP contribution in [0.15, 0.2) is 21.9 Å². The highest BCUT2D eigenvalue weighted by Gasteiger charge is 2.15. The predicted octanol–water partition coefficient (Wildman–Crippen LogP) is 1.47. The van der Waals surface area contributed by atoms with Crippen molar-refractivity contribution in [3.05, 3.63) is 22.2 Å². The number of primary sulfonamides is 1. The summed E-state index contributed by atoms with van der Waals surface area (Å²) in [5.74, 6) is 4.63. The molecule has 0 heterocycles. The molecule has 90 valence electrons. The molecule has 0 amide bonds. The Hall–Kier alpha value is -0.0600. The van der Waals surface area contributed by atoms with Crippen LogP contribution >= 0.6 is 35.2 Å². The van der Waals surface area contributed by atoms with Gasteiger partial charge in [-0.05, 0) is 12.1 Å². The van der Waals surface area contributed by atoms with Gasteiger partial charge in [-0.3, -0.25) is 0 Å². The number of hydrogen-bond donors (Lipinski definition) is 2. The van der Waals surface area contributed by atoms with Crippen LogP contribution in [-0.4, -0.2) is 8.42 Å². The Labute approximate surface area is 106 Å². The van der Waals surface area contributed by atoms with Gasteiger partial charge in [0.05, 0.1) is 31.9 Å². The zero-order chi connectivity index (χ0) is 12.3. The SMILES string of the molecule is NOOSc1cc(S(N)(=O)=O)cc(Cl)c1Cl. The summed E-state index contributed by atoms with van der Waals surface area (Å²) < 4.78 is 26.5. The standard InChI is InChI=1S/C6H6Cl2N2O4S2/c7-4-1-3(16(10,11)12)2-5(6(4)8)15-14-13-9/h1-2H,9H2,(H2,10,11,12). The molecule has 0 unspecified atom stereocenters. The van der Waals surface area contributed by atoms with Crippen LogP contribution in [0.25, 0.3) is 0 Å². The van der Waals surface area contributed by atoms with Gasteiger partial charge in [0.1, 0.15) is 0 Å². The van der Waals surface area contributed by atoms with Crippen molar-refractivity contribution in [3.63, 3.8) is 0 Å². The molecular formula is C6H6Cl2N2O4S2. The average Bonchev–Trinajstić information content (AvgIpc) is 2.18. The minimum atomic E-state index is -3.87. The van der Waals surface area contributed by atoms with Gasteiger partial charge in [-0.2, -0.15) is 5.90 Å². The van der Waals surface area contributed by atoms with E-state index in [-0.39, 0.29) is 19.8 Å². The maximum absolute atomic E-state index is 11.1. The van der Waals surface area contributed by atoms with E-state index in [1.54, 1.807) is 0 Å². The maximum Gasteiger partial charge on any atom is 0.238 e. The molecule has 0 fully saturated rings. The molecule has 0 aliphatic carbocycles. The minimum absolute atomic E-state index is 0.0244. The zero-order valence-corrected chi connectivity index (χ0v) is 10.7. The lowest BCUT2D eigenvalue weighted by atomic mass is 10.4. The molecule has 0 spiro atoms. The Morgan fingerprint density at radius 3 is 2.44 bits per heavy atom. The van der Waals surface area contributed by atoms with Gasteiger partial charge < -0.3 is 0 Å². The van der Waals surface area contributed by atoms with Crippen LogP contribution in [0.1, 0.15) is 0 Å². The highest BCUT2D eigenvalue weighted by atomic mass is 35.5. The third-order valence-corrected chi connectivity index (χ3v) is 3.91. The average molecular weight is 305 g/mol. The van der Waals surface area contributed by atoms with Gasteiger partial charge >= 0.3 is 0 Å². The second-order valence-corrected chi connectivity index (χ2v) is 5.60. The molecule has 0 saturated carbocycles. The minimum Gasteiger partial charge on any atom is -0.225 e. The number of halogens is 2. The molecule has 16 heavy (non-hydrogen) atoms. The summed E-state index contributed by atoms with van der Waals surface area (Å²) in [6, 6.07) is 2.32. The lowest BCUT2D eigenvalue weighted by Gasteiger charge is -2.06. The zero-order valence-electron chi connectivity index (χ0n) is 7.51. The maximum atomic E-state index is 11.1. The highest BCUT2D eigenvalue weighted by molar-refractivity contribution is 7.94. The fraction of sp³-hybridized carbons (Fsp3) is 0. The molecule has 1 aromatic rings. The van der Waals surface area contributed by atoms with Crippen LogP contribution in [0.5, 0.6) is 0 Å². The van der Waals surface area contributed by atoms with Crippen LogP contribution in [0.2, 0.25) is 10.0 Å². The molecule has 0 radical (unpaired) electrons. The van der Waals surface area contributed by atoms with Crippen molar-refractivity contribution in [2.45, 2.75) is 9.79 Å². The first kappa shape index (κ1) is 14.0. The number of benzene rings is 1. The van der Waals surface area contributed by atoms with Crippen LogP contribution in [-0.2, 0) is 19.3 Å². The Kier molecular flexibility index (Phi) is 4.83. The largest absolute Gasteiger partial charge is 0.238 e. The van der Waals surface area contributed by atoms with Gasteiger partial charge in [-0.15, -0.1) is 9.32 Å². The van der Waals surface area contributed by atoms with Crippen molar-refractivity contribution in [3.8, 4) is 0 Å². The van der Waals surface area contributed by atoms with E-state index in [4.69, 9.17) is 28.3 Å². The third-order valence-electron chi connectivity index (χ3n) is 1.46. The van der Waals surface area contributed by atoms with E-state index in [9.17, 15) is 8.42 Å². The van der Waals surface area contributed by atoms with Gasteiger partial charge in [-0.25, -0.2) is 13.6 Å². The van der Waals surface area contributed by atoms with Crippen molar-refractivity contribution >= 4 is 45.3 Å². The van der Waals surface area contributed by atoms with Gasteiger partial charge in [0.25, 0.3) is 0 Å². The Balaban J connectivity index is 3.22. The summed E-state index contributed by atoms with van der Waals surface area (Å²) in [6.45, 7) is 0. The fourth-order valence-electron chi connectivity index (χ4n) is 0.821. The number of nitrogens with two attached hydrogens (primary N) is 2. The molecule has 6 nitrogen and oxygen atoms in total. The third kappa shape index (κ3) is 3.47. The number of hydrogen-bond acceptors (Lipinski definition) is 6. The number of sulfonamides is 1. The molecule has 0 bridgehead atoms. The Morgan fingerprint density at radius 2 is 1.94 bits per heavy atom. The van der Waals surface area contributed by atoms with E-state index in [1.165, 1.54) is 6.07 Å². The molecule has 0 aliphatic heterocycles. The Bertz CT molecular complexity index is 494. The van der Waals surface area contributed by atoms with Crippen molar-refractivity contribution in [2.24, 2.45) is 11.0 Å². The van der Waals surface area contributed by atoms with Crippen molar-refractivity contribution in [1.82, 2.24) is 0 Å². The van der Waals surface area contributed by atoms with E-state index in [1.807, 2.05) is 0 Å². The second kappa shape index (κ2) is 5.52. The molecule has 1 rings (SSSR count). The lowest BCUT2D eigenvalue weighted by molar-refractivity contribution is -0.195. The molecule has 0 aliphatic rings. The summed E-state index contributed by atoms with van der Waals surface area (Å²) >= 11 is 12.1. The van der Waals surface area contributed by atoms with E-state index in [2.05, 4.69) is 15.2 Å². The quantitative estimate of drug-likeness (QED) is 0.496. The fourth-order valence-corrected chi connectivity index (χ4v) is 2.47. The van der Waals surface area contributed by atoms with Crippen molar-refractivity contribution < 1.29 is 17.7 Å². The Morgan fingerprint density at radius 1 is 1.31 bits per heavy atom. The van der Waals surface area contributed by atoms with Crippen molar-refractivity contribution in [1.29, 1.82) is 0 Å². The second-order valence-electron chi connectivity index (χ2n) is 2.51. The summed E-state index contributed by atoms with van der Waals surface area (Å²) in [6.07, 6.45) is 0. The van der Waals surface area contributed by atoms with Crippen LogP contribution in [0.4, 0.5) is 0 Å². The predicted molar refractivity (Wildman–Crippen MR) is 60.0 cm³/mol. The summed E-state index contributed by atoms with van der Waals surface area (Å²) in [5.41, 5.74) is 0. The molecule has 0 saturated heterocycles. The molecule has 4 N–H and O–H groups in total. The molecule has 10 heteroatoms. The smallest absolute Gasteiger partial charge is 0.225 e. The molecule has 0 aromatic heterocycles. The van der Waals surface area contributed by atoms with Gasteiger partial charge in [0.15, 0.2) is 0 Å². The lowest BCUT2D eigenvalue weighted by Crippen LogP contribution is -2.12. The molecule has 1 aromatic carbocycles. The van der Waals surface area contributed by atoms with E-state index >= 15 is 0 Å². The van der Waals surface area contributed by atoms with Gasteiger partial charge in [-0.1, -0.05) is 23.2 Å². The van der Waals surface area contributed by atoms with Gasteiger partial charge in [0.2, 0.25) is 10.0 Å². The van der Waals surface area contributed by atoms with E-state index < -0.39 is 10.0 Å². The van der Waals surface area contributed by atoms with Crippen LogP contribution in [0, 0.1) is 0 Å². The van der Waals surface area contributed by atoms with Crippen LogP contribution in [0.3, 0.4) is 0 Å². The molecule has 0 atom stereocenters. The summed E-state index contributed by atoms with van der Waals surface area (Å²) in [5, 5.41) is 5.07. The summed E-state index contributed by atoms with van der Waals surface area (Å²) in [4.78, 5) is 3.87. The first-order valence-corrected chi connectivity index (χ1v) is 6.62. The van der Waals surface area contributed by atoms with Crippen LogP contribution < -0.4 is 11.0 Å². The molecular weight excluding hydrogens is 299 g/mol. The summed E-state index contributed by atoms with van der Waals surface area (Å²) in [7, 11) is -3.87. The first-order chi connectivity index (χ1) is 7.36. The number of rotatable bonds is 4.